The molecule has 0 aliphatic heterocycles. The fourth-order valence-electron chi connectivity index (χ4n) is 1.22. The average molecular weight is 271 g/mol. The van der Waals surface area contributed by atoms with Gasteiger partial charge in [0.25, 0.3) is 0 Å². The molecule has 0 fully saturated rings. The van der Waals surface area contributed by atoms with E-state index in [0.29, 0.717) is 12.1 Å². The smallest absolute Gasteiger partial charge is 0.383 e. The molecule has 1 N–H and O–H groups in total. The zero-order chi connectivity index (χ0) is 14.1. The maximum Gasteiger partial charge on any atom is 0.414 e. The van der Waals surface area contributed by atoms with Crippen LogP contribution >= 0.6 is 0 Å². The van der Waals surface area contributed by atoms with Crippen LogP contribution in [0.15, 0.2) is 12.1 Å². The number of aliphatic hydroxyl groups is 1. The first-order valence-corrected chi connectivity index (χ1v) is 4.50. The second-order valence-electron chi connectivity index (χ2n) is 3.38. The van der Waals surface area contributed by atoms with Gasteiger partial charge >= 0.3 is 11.9 Å². The standard InChI is InChI=1S/C9H6F5NO3/c10-5-1-2-6(15(17)18)8(11)4(5)3-7(16)9(12,13)14/h1-2,7,16H,3H2. The number of nitro groups is 1. The Morgan fingerprint density at radius 2 is 1.89 bits per heavy atom. The summed E-state index contributed by atoms with van der Waals surface area (Å²) in [6.07, 6.45) is -9.49. The van der Waals surface area contributed by atoms with Crippen LogP contribution in [0.4, 0.5) is 27.6 Å². The van der Waals surface area contributed by atoms with Gasteiger partial charge in [-0.3, -0.25) is 10.1 Å². The summed E-state index contributed by atoms with van der Waals surface area (Å²) in [7, 11) is 0. The number of hydrogen-bond donors (Lipinski definition) is 1. The summed E-state index contributed by atoms with van der Waals surface area (Å²) >= 11 is 0. The molecule has 0 bridgehead atoms. The highest BCUT2D eigenvalue weighted by Gasteiger charge is 2.39. The molecule has 0 aromatic heterocycles. The van der Waals surface area contributed by atoms with Gasteiger partial charge in [-0.1, -0.05) is 0 Å². The molecular weight excluding hydrogens is 265 g/mol. The number of benzene rings is 1. The van der Waals surface area contributed by atoms with Crippen LogP contribution in [-0.2, 0) is 6.42 Å². The van der Waals surface area contributed by atoms with E-state index in [1.54, 1.807) is 0 Å². The number of hydrogen-bond acceptors (Lipinski definition) is 3. The minimum absolute atomic E-state index is 0.472. The maximum atomic E-state index is 13.4. The van der Waals surface area contributed by atoms with Gasteiger partial charge in [0.2, 0.25) is 5.82 Å². The number of nitro benzene ring substituents is 1. The quantitative estimate of drug-likeness (QED) is 0.521. The number of halogens is 5. The van der Waals surface area contributed by atoms with Gasteiger partial charge in [0.15, 0.2) is 6.10 Å². The van der Waals surface area contributed by atoms with Crippen LogP contribution in [0.1, 0.15) is 5.56 Å². The fourth-order valence-corrected chi connectivity index (χ4v) is 1.22. The van der Waals surface area contributed by atoms with Crippen LogP contribution < -0.4 is 0 Å². The third-order valence-electron chi connectivity index (χ3n) is 2.14. The molecule has 1 atom stereocenters. The number of rotatable bonds is 3. The molecule has 0 radical (unpaired) electrons. The third kappa shape index (κ3) is 2.92. The van der Waals surface area contributed by atoms with Crippen LogP contribution in [0, 0.1) is 21.7 Å². The Morgan fingerprint density at radius 1 is 1.33 bits per heavy atom. The van der Waals surface area contributed by atoms with Gasteiger partial charge in [-0.05, 0) is 6.07 Å². The summed E-state index contributed by atoms with van der Waals surface area (Å²) in [5, 5.41) is 19.0. The van der Waals surface area contributed by atoms with Crippen molar-refractivity contribution in [1.29, 1.82) is 0 Å². The van der Waals surface area contributed by atoms with Crippen molar-refractivity contribution in [3.8, 4) is 0 Å². The second kappa shape index (κ2) is 4.84. The van der Waals surface area contributed by atoms with Crippen molar-refractivity contribution in [2.24, 2.45) is 0 Å². The Kier molecular flexibility index (Phi) is 3.85. The van der Waals surface area contributed by atoms with Gasteiger partial charge in [-0.25, -0.2) is 4.39 Å². The zero-order valence-corrected chi connectivity index (χ0v) is 8.54. The SMILES string of the molecule is O=[N+]([O-])c1ccc(F)c(CC(O)C(F)(F)F)c1F. The van der Waals surface area contributed by atoms with E-state index < -0.39 is 46.5 Å². The number of aliphatic hydroxyl groups excluding tert-OH is 1. The van der Waals surface area contributed by atoms with Gasteiger partial charge < -0.3 is 5.11 Å². The van der Waals surface area contributed by atoms with Crippen LogP contribution in [-0.4, -0.2) is 22.3 Å². The molecule has 1 rings (SSSR count). The summed E-state index contributed by atoms with van der Waals surface area (Å²) < 4.78 is 62.6. The Balaban J connectivity index is 3.16. The van der Waals surface area contributed by atoms with Crippen molar-refractivity contribution >= 4 is 5.69 Å². The monoisotopic (exact) mass is 271 g/mol. The largest absolute Gasteiger partial charge is 0.414 e. The topological polar surface area (TPSA) is 63.4 Å². The van der Waals surface area contributed by atoms with E-state index in [2.05, 4.69) is 0 Å². The van der Waals surface area contributed by atoms with Crippen molar-refractivity contribution in [1.82, 2.24) is 0 Å². The lowest BCUT2D eigenvalue weighted by atomic mass is 10.1. The molecule has 0 heterocycles. The van der Waals surface area contributed by atoms with Crippen LogP contribution in [0.5, 0.6) is 0 Å². The Hall–Kier alpha value is -1.77. The average Bonchev–Trinajstić information content (AvgIpc) is 2.21. The predicted molar refractivity (Wildman–Crippen MR) is 48.8 cm³/mol. The summed E-state index contributed by atoms with van der Waals surface area (Å²) in [5.41, 5.74) is -2.32. The van der Waals surface area contributed by atoms with Crippen molar-refractivity contribution in [3.05, 3.63) is 39.4 Å². The van der Waals surface area contributed by atoms with E-state index in [9.17, 15) is 32.1 Å². The molecule has 0 saturated carbocycles. The van der Waals surface area contributed by atoms with Crippen molar-refractivity contribution in [3.63, 3.8) is 0 Å². The van der Waals surface area contributed by atoms with Crippen LogP contribution in [0.3, 0.4) is 0 Å². The molecule has 0 spiro atoms. The van der Waals surface area contributed by atoms with Crippen molar-refractivity contribution in [2.45, 2.75) is 18.7 Å². The summed E-state index contributed by atoms with van der Waals surface area (Å²) in [6, 6.07) is 0.966. The van der Waals surface area contributed by atoms with E-state index in [4.69, 9.17) is 5.11 Å². The molecule has 1 unspecified atom stereocenters. The summed E-state index contributed by atoms with van der Waals surface area (Å²) in [4.78, 5) is 9.13. The minimum Gasteiger partial charge on any atom is -0.383 e. The van der Waals surface area contributed by atoms with Crippen molar-refractivity contribution < 1.29 is 32.0 Å². The first-order valence-electron chi connectivity index (χ1n) is 4.50. The van der Waals surface area contributed by atoms with Gasteiger partial charge in [0.05, 0.1) is 4.92 Å². The molecular formula is C9H6F5NO3. The third-order valence-corrected chi connectivity index (χ3v) is 2.14. The molecule has 0 aliphatic rings. The Bertz CT molecular complexity index is 474. The highest BCUT2D eigenvalue weighted by Crippen LogP contribution is 2.28. The first-order chi connectivity index (χ1) is 8.14. The van der Waals surface area contributed by atoms with Gasteiger partial charge in [-0.15, -0.1) is 0 Å². The Labute approximate surface area is 96.8 Å². The van der Waals surface area contributed by atoms with E-state index in [1.807, 2.05) is 0 Å². The first kappa shape index (κ1) is 14.3. The van der Waals surface area contributed by atoms with Gasteiger partial charge in [0, 0.05) is 18.1 Å². The fraction of sp³-hybridized carbons (Fsp3) is 0.333. The number of alkyl halides is 3. The van der Waals surface area contributed by atoms with Gasteiger partial charge in [-0.2, -0.15) is 17.6 Å². The minimum atomic E-state index is -5.07. The van der Waals surface area contributed by atoms with E-state index in [0.717, 1.165) is 0 Å². The lowest BCUT2D eigenvalue weighted by molar-refractivity contribution is -0.387. The molecule has 1 aromatic rings. The lowest BCUT2D eigenvalue weighted by Gasteiger charge is -2.15. The molecule has 0 saturated heterocycles. The molecule has 100 valence electrons. The maximum absolute atomic E-state index is 13.4. The molecule has 4 nitrogen and oxygen atoms in total. The Morgan fingerprint density at radius 3 is 2.33 bits per heavy atom. The molecule has 9 heteroatoms. The predicted octanol–water partition coefficient (Wildman–Crippen LogP) is 2.34. The zero-order valence-electron chi connectivity index (χ0n) is 8.54. The van der Waals surface area contributed by atoms with E-state index in [1.165, 1.54) is 0 Å². The lowest BCUT2D eigenvalue weighted by Crippen LogP contribution is -2.31. The van der Waals surface area contributed by atoms with Crippen molar-refractivity contribution in [2.75, 3.05) is 0 Å². The normalized spacial score (nSPS) is 13.4. The van der Waals surface area contributed by atoms with E-state index >= 15 is 0 Å². The molecule has 1 aromatic carbocycles. The van der Waals surface area contributed by atoms with Crippen LogP contribution in [0.2, 0.25) is 0 Å². The van der Waals surface area contributed by atoms with E-state index in [-0.39, 0.29) is 0 Å². The molecule has 0 amide bonds. The molecule has 18 heavy (non-hydrogen) atoms. The number of nitrogens with zero attached hydrogens (tertiary/aromatic N) is 1. The summed E-state index contributed by atoms with van der Waals surface area (Å²) in [5.74, 6) is -3.11. The highest BCUT2D eigenvalue weighted by molar-refractivity contribution is 5.38. The second-order valence-corrected chi connectivity index (χ2v) is 3.38. The summed E-state index contributed by atoms with van der Waals surface area (Å²) in [6.45, 7) is 0. The van der Waals surface area contributed by atoms with Crippen LogP contribution in [0.25, 0.3) is 0 Å². The highest BCUT2D eigenvalue weighted by atomic mass is 19.4. The molecule has 0 aliphatic carbocycles. The van der Waals surface area contributed by atoms with Gasteiger partial charge in [0.1, 0.15) is 5.82 Å².